The van der Waals surface area contributed by atoms with Gasteiger partial charge < -0.3 is 10.1 Å². The molecule has 0 radical (unpaired) electrons. The molecule has 0 aliphatic heterocycles. The van der Waals surface area contributed by atoms with Crippen molar-refractivity contribution < 1.29 is 9.53 Å². The Labute approximate surface area is 202 Å². The van der Waals surface area contributed by atoms with E-state index in [4.69, 9.17) is 21.9 Å². The van der Waals surface area contributed by atoms with Gasteiger partial charge in [-0.3, -0.25) is 10.1 Å². The number of anilines is 1. The summed E-state index contributed by atoms with van der Waals surface area (Å²) in [7, 11) is 0. The van der Waals surface area contributed by atoms with Crippen LogP contribution in [-0.4, -0.2) is 22.6 Å². The number of thiocarbonyl (C=S) groups is 1. The Bertz CT molecular complexity index is 1270. The Kier molecular flexibility index (Phi) is 7.32. The zero-order valence-corrected chi connectivity index (χ0v) is 20.2. The van der Waals surface area contributed by atoms with E-state index in [9.17, 15) is 4.79 Å². The molecular formula is C26H25N3O2S2. The second kappa shape index (κ2) is 10.6. The van der Waals surface area contributed by atoms with Crippen LogP contribution in [0, 0.1) is 6.92 Å². The lowest BCUT2D eigenvalue weighted by Crippen LogP contribution is -2.34. The number of nitrogens with one attached hydrogen (secondary N) is 2. The van der Waals surface area contributed by atoms with Crippen molar-refractivity contribution in [1.82, 2.24) is 10.3 Å². The molecule has 0 aliphatic carbocycles. The zero-order valence-electron chi connectivity index (χ0n) is 18.6. The van der Waals surface area contributed by atoms with Crippen LogP contribution in [0.3, 0.4) is 0 Å². The third kappa shape index (κ3) is 5.56. The fourth-order valence-corrected chi connectivity index (χ4v) is 4.63. The molecule has 1 amide bonds. The average Bonchev–Trinajstić information content (AvgIpc) is 3.25. The minimum atomic E-state index is -0.284. The van der Waals surface area contributed by atoms with Gasteiger partial charge in [0.2, 0.25) is 0 Å². The van der Waals surface area contributed by atoms with Crippen LogP contribution in [0.25, 0.3) is 20.8 Å². The van der Waals surface area contributed by atoms with E-state index >= 15 is 0 Å². The molecule has 0 spiro atoms. The summed E-state index contributed by atoms with van der Waals surface area (Å²) in [5.74, 6) is 0.391. The number of rotatable bonds is 7. The molecule has 0 aliphatic rings. The van der Waals surface area contributed by atoms with Crippen molar-refractivity contribution in [1.29, 1.82) is 0 Å². The molecule has 33 heavy (non-hydrogen) atoms. The number of carbonyl (C=O) groups excluding carboxylic acids is 1. The molecule has 4 rings (SSSR count). The minimum absolute atomic E-state index is 0.238. The highest BCUT2D eigenvalue weighted by molar-refractivity contribution is 7.80. The number of unbranched alkanes of at least 4 members (excludes halogenated alkanes) is 1. The molecule has 0 fully saturated rings. The maximum atomic E-state index is 12.7. The van der Waals surface area contributed by atoms with Crippen molar-refractivity contribution in [3.05, 3.63) is 77.9 Å². The number of thiazole rings is 1. The number of ether oxygens (including phenoxy) is 1. The predicted octanol–water partition coefficient (Wildman–Crippen LogP) is 6.58. The van der Waals surface area contributed by atoms with Crippen molar-refractivity contribution in [2.24, 2.45) is 0 Å². The molecule has 0 bridgehead atoms. The summed E-state index contributed by atoms with van der Waals surface area (Å²) in [6.45, 7) is 4.76. The summed E-state index contributed by atoms with van der Waals surface area (Å²) in [4.78, 5) is 17.5. The van der Waals surface area contributed by atoms with Gasteiger partial charge in [0.25, 0.3) is 5.91 Å². The molecule has 1 aromatic heterocycles. The Hall–Kier alpha value is -3.29. The van der Waals surface area contributed by atoms with E-state index in [1.165, 1.54) is 0 Å². The van der Waals surface area contributed by atoms with Gasteiger partial charge >= 0.3 is 0 Å². The second-order valence-electron chi connectivity index (χ2n) is 7.60. The van der Waals surface area contributed by atoms with Crippen LogP contribution < -0.4 is 15.4 Å². The molecule has 4 aromatic rings. The molecule has 2 N–H and O–H groups in total. The lowest BCUT2D eigenvalue weighted by atomic mass is 10.1. The van der Waals surface area contributed by atoms with Crippen LogP contribution in [0.2, 0.25) is 0 Å². The van der Waals surface area contributed by atoms with Crippen molar-refractivity contribution in [2.75, 3.05) is 11.9 Å². The van der Waals surface area contributed by atoms with E-state index in [-0.39, 0.29) is 11.0 Å². The molecule has 0 atom stereocenters. The number of fused-ring (bicyclic) bond motifs is 1. The van der Waals surface area contributed by atoms with Crippen LogP contribution in [0.1, 0.15) is 35.7 Å². The van der Waals surface area contributed by atoms with Gasteiger partial charge in [0.15, 0.2) is 5.11 Å². The number of aromatic nitrogens is 1. The van der Waals surface area contributed by atoms with Gasteiger partial charge in [-0.25, -0.2) is 4.98 Å². The van der Waals surface area contributed by atoms with Crippen LogP contribution in [0.5, 0.6) is 5.75 Å². The lowest BCUT2D eigenvalue weighted by Gasteiger charge is -2.14. The van der Waals surface area contributed by atoms with Crippen LogP contribution in [0.15, 0.2) is 66.7 Å². The zero-order chi connectivity index (χ0) is 23.2. The van der Waals surface area contributed by atoms with Crippen LogP contribution in [-0.2, 0) is 0 Å². The molecule has 0 saturated heterocycles. The Morgan fingerprint density at radius 3 is 2.73 bits per heavy atom. The van der Waals surface area contributed by atoms with E-state index in [2.05, 4.69) is 23.6 Å². The highest BCUT2D eigenvalue weighted by Gasteiger charge is 2.13. The second-order valence-corrected chi connectivity index (χ2v) is 9.04. The van der Waals surface area contributed by atoms with E-state index in [0.29, 0.717) is 17.9 Å². The van der Waals surface area contributed by atoms with Crippen molar-refractivity contribution in [3.63, 3.8) is 0 Å². The van der Waals surface area contributed by atoms with Gasteiger partial charge in [0.1, 0.15) is 10.8 Å². The first-order chi connectivity index (χ1) is 16.0. The number of benzene rings is 3. The third-order valence-corrected chi connectivity index (χ3v) is 6.47. The van der Waals surface area contributed by atoms with Gasteiger partial charge in [0, 0.05) is 16.8 Å². The smallest absolute Gasteiger partial charge is 0.257 e. The summed E-state index contributed by atoms with van der Waals surface area (Å²) in [6.07, 6.45) is 2.03. The first kappa shape index (κ1) is 22.9. The summed E-state index contributed by atoms with van der Waals surface area (Å²) >= 11 is 7.07. The number of carbonyl (C=O) groups is 1. The SMILES string of the molecule is CCCCOc1cccc(C(=O)NC(=S)Nc2cccc(-c3nc4ccccc4s3)c2C)c1. The topological polar surface area (TPSA) is 63.2 Å². The number of nitrogens with zero attached hydrogens (tertiary/aromatic N) is 1. The van der Waals surface area contributed by atoms with Crippen molar-refractivity contribution >= 4 is 50.5 Å². The van der Waals surface area contributed by atoms with Crippen molar-refractivity contribution in [2.45, 2.75) is 26.7 Å². The standard InChI is InChI=1S/C26H25N3O2S2/c1-3-4-15-31-19-10-7-9-18(16-19)24(30)29-26(32)28-21-13-8-11-20(17(21)2)25-27-22-12-5-6-14-23(22)33-25/h5-14,16H,3-4,15H2,1-2H3,(H2,28,29,30,32). The Morgan fingerprint density at radius 2 is 1.91 bits per heavy atom. The normalized spacial score (nSPS) is 10.7. The van der Waals surface area contributed by atoms with Crippen LogP contribution in [0.4, 0.5) is 5.69 Å². The van der Waals surface area contributed by atoms with Gasteiger partial charge in [-0.05, 0) is 67.5 Å². The van der Waals surface area contributed by atoms with E-state index < -0.39 is 0 Å². The Morgan fingerprint density at radius 1 is 1.09 bits per heavy atom. The maximum Gasteiger partial charge on any atom is 0.257 e. The largest absolute Gasteiger partial charge is 0.494 e. The molecule has 0 unspecified atom stereocenters. The fraction of sp³-hybridized carbons (Fsp3) is 0.192. The van der Waals surface area contributed by atoms with Gasteiger partial charge in [-0.2, -0.15) is 0 Å². The Balaban J connectivity index is 1.45. The number of hydrogen-bond acceptors (Lipinski definition) is 5. The van der Waals surface area contributed by atoms with E-state index in [1.807, 2.05) is 49.4 Å². The van der Waals surface area contributed by atoms with Crippen LogP contribution >= 0.6 is 23.6 Å². The fourth-order valence-electron chi connectivity index (χ4n) is 3.38. The summed E-state index contributed by atoms with van der Waals surface area (Å²) < 4.78 is 6.84. The quantitative estimate of drug-likeness (QED) is 0.234. The van der Waals surface area contributed by atoms with Gasteiger partial charge in [0.05, 0.1) is 16.8 Å². The highest BCUT2D eigenvalue weighted by Crippen LogP contribution is 2.34. The van der Waals surface area contributed by atoms with Crippen molar-refractivity contribution in [3.8, 4) is 16.3 Å². The number of hydrogen-bond donors (Lipinski definition) is 2. The molecule has 168 valence electrons. The monoisotopic (exact) mass is 475 g/mol. The highest BCUT2D eigenvalue weighted by atomic mass is 32.1. The summed E-state index contributed by atoms with van der Waals surface area (Å²) in [5, 5.41) is 7.11. The molecule has 7 heteroatoms. The average molecular weight is 476 g/mol. The van der Waals surface area contributed by atoms with Gasteiger partial charge in [-0.15, -0.1) is 11.3 Å². The molecule has 3 aromatic carbocycles. The first-order valence-corrected chi connectivity index (χ1v) is 12.1. The predicted molar refractivity (Wildman–Crippen MR) is 140 cm³/mol. The lowest BCUT2D eigenvalue weighted by molar-refractivity contribution is 0.0977. The summed E-state index contributed by atoms with van der Waals surface area (Å²) in [5.41, 5.74) is 4.35. The third-order valence-electron chi connectivity index (χ3n) is 5.20. The van der Waals surface area contributed by atoms with Gasteiger partial charge in [-0.1, -0.05) is 43.7 Å². The minimum Gasteiger partial charge on any atom is -0.494 e. The molecule has 1 heterocycles. The van der Waals surface area contributed by atoms with E-state index in [1.54, 1.807) is 29.5 Å². The maximum absolute atomic E-state index is 12.7. The molecular weight excluding hydrogens is 450 g/mol. The number of para-hydroxylation sites is 1. The number of amides is 1. The molecule has 0 saturated carbocycles. The van der Waals surface area contributed by atoms with E-state index in [0.717, 1.165) is 44.9 Å². The first-order valence-electron chi connectivity index (χ1n) is 10.9. The summed E-state index contributed by atoms with van der Waals surface area (Å²) in [6, 6.07) is 21.2. The molecule has 5 nitrogen and oxygen atoms in total.